The fraction of sp³-hybridized carbons (Fsp3) is 0.273. The summed E-state index contributed by atoms with van der Waals surface area (Å²) in [6, 6.07) is 18.1. The molecule has 0 saturated heterocycles. The third-order valence-electron chi connectivity index (χ3n) is 4.39. The van der Waals surface area contributed by atoms with E-state index in [1.54, 1.807) is 7.05 Å². The average Bonchev–Trinajstić information content (AvgIpc) is 3.00. The highest BCUT2D eigenvalue weighted by Crippen LogP contribution is 2.23. The summed E-state index contributed by atoms with van der Waals surface area (Å²) >= 11 is 0. The molecule has 3 aromatic rings. The summed E-state index contributed by atoms with van der Waals surface area (Å²) in [7, 11) is 1.66. The van der Waals surface area contributed by atoms with Crippen molar-refractivity contribution in [2.75, 3.05) is 13.6 Å². The summed E-state index contributed by atoms with van der Waals surface area (Å²) in [6.07, 6.45) is 1.89. The summed E-state index contributed by atoms with van der Waals surface area (Å²) in [5.74, 6) is -0.314. The van der Waals surface area contributed by atoms with Gasteiger partial charge < -0.3 is 14.8 Å². The van der Waals surface area contributed by atoms with Gasteiger partial charge in [0, 0.05) is 36.7 Å². The molecule has 2 amide bonds. The van der Waals surface area contributed by atoms with Gasteiger partial charge in [-0.3, -0.25) is 9.59 Å². The molecule has 0 aliphatic rings. The standard InChI is InChI=1S/C22H25N3O2/c1-16(2)23-21(26)15-24(3)22(27)19-14-25(13-17-9-5-4-6-10-17)20-12-8-7-11-18(19)20/h4-12,14,16H,13,15H2,1-3H3,(H,23,26). The Kier molecular flexibility index (Phi) is 5.60. The lowest BCUT2D eigenvalue weighted by molar-refractivity contribution is -0.122. The van der Waals surface area contributed by atoms with Gasteiger partial charge in [0.25, 0.3) is 5.91 Å². The Bertz CT molecular complexity index is 945. The number of amides is 2. The van der Waals surface area contributed by atoms with Crippen molar-refractivity contribution in [2.24, 2.45) is 0 Å². The van der Waals surface area contributed by atoms with E-state index in [-0.39, 0.29) is 24.4 Å². The minimum atomic E-state index is -0.158. The Morgan fingerprint density at radius 2 is 1.70 bits per heavy atom. The lowest BCUT2D eigenvalue weighted by Gasteiger charge is -2.17. The highest BCUT2D eigenvalue weighted by Gasteiger charge is 2.20. The van der Waals surface area contributed by atoms with Gasteiger partial charge in [-0.2, -0.15) is 0 Å². The number of carbonyl (C=O) groups is 2. The summed E-state index contributed by atoms with van der Waals surface area (Å²) in [4.78, 5) is 26.4. The second kappa shape index (κ2) is 8.08. The van der Waals surface area contributed by atoms with Crippen LogP contribution in [0.5, 0.6) is 0 Å². The molecule has 0 bridgehead atoms. The smallest absolute Gasteiger partial charge is 0.256 e. The van der Waals surface area contributed by atoms with E-state index < -0.39 is 0 Å². The predicted molar refractivity (Wildman–Crippen MR) is 108 cm³/mol. The van der Waals surface area contributed by atoms with Gasteiger partial charge in [-0.15, -0.1) is 0 Å². The normalized spacial score (nSPS) is 11.0. The van der Waals surface area contributed by atoms with Crippen molar-refractivity contribution < 1.29 is 9.59 Å². The molecular weight excluding hydrogens is 338 g/mol. The number of likely N-dealkylation sites (N-methyl/N-ethyl adjacent to an activating group) is 1. The molecule has 2 aromatic carbocycles. The van der Waals surface area contributed by atoms with Gasteiger partial charge in [0.1, 0.15) is 0 Å². The van der Waals surface area contributed by atoms with E-state index in [1.807, 2.05) is 62.5 Å². The van der Waals surface area contributed by atoms with Crippen LogP contribution in [0.3, 0.4) is 0 Å². The Morgan fingerprint density at radius 3 is 2.41 bits per heavy atom. The molecule has 0 atom stereocenters. The van der Waals surface area contributed by atoms with Crippen LogP contribution in [0.1, 0.15) is 29.8 Å². The molecule has 0 unspecified atom stereocenters. The van der Waals surface area contributed by atoms with Crippen LogP contribution in [0.15, 0.2) is 60.8 Å². The monoisotopic (exact) mass is 363 g/mol. The van der Waals surface area contributed by atoms with Crippen LogP contribution >= 0.6 is 0 Å². The van der Waals surface area contributed by atoms with Crippen molar-refractivity contribution in [3.63, 3.8) is 0 Å². The maximum atomic E-state index is 13.0. The molecule has 1 N–H and O–H groups in total. The number of fused-ring (bicyclic) bond motifs is 1. The molecule has 27 heavy (non-hydrogen) atoms. The zero-order valence-corrected chi connectivity index (χ0v) is 16.0. The highest BCUT2D eigenvalue weighted by atomic mass is 16.2. The van der Waals surface area contributed by atoms with E-state index in [2.05, 4.69) is 22.0 Å². The maximum Gasteiger partial charge on any atom is 0.256 e. The SMILES string of the molecule is CC(C)NC(=O)CN(C)C(=O)c1cn(Cc2ccccc2)c2ccccc12. The van der Waals surface area contributed by atoms with E-state index >= 15 is 0 Å². The van der Waals surface area contributed by atoms with E-state index in [1.165, 1.54) is 10.5 Å². The molecule has 0 fully saturated rings. The second-order valence-electron chi connectivity index (χ2n) is 7.06. The van der Waals surface area contributed by atoms with Gasteiger partial charge in [0.2, 0.25) is 5.91 Å². The number of rotatable bonds is 6. The largest absolute Gasteiger partial charge is 0.352 e. The molecule has 1 heterocycles. The first-order valence-corrected chi connectivity index (χ1v) is 9.12. The second-order valence-corrected chi connectivity index (χ2v) is 7.06. The summed E-state index contributed by atoms with van der Waals surface area (Å²) in [6.45, 7) is 4.52. The minimum Gasteiger partial charge on any atom is -0.352 e. The van der Waals surface area contributed by atoms with E-state index in [4.69, 9.17) is 0 Å². The van der Waals surface area contributed by atoms with Crippen LogP contribution in [-0.4, -0.2) is 40.9 Å². The Labute approximate surface area is 159 Å². The zero-order chi connectivity index (χ0) is 19.4. The molecule has 5 heteroatoms. The van der Waals surface area contributed by atoms with Gasteiger partial charge in [-0.25, -0.2) is 0 Å². The predicted octanol–water partition coefficient (Wildman–Crippen LogP) is 3.29. The van der Waals surface area contributed by atoms with Crippen molar-refractivity contribution in [3.8, 4) is 0 Å². The lowest BCUT2D eigenvalue weighted by Crippen LogP contribution is -2.40. The third kappa shape index (κ3) is 4.37. The first kappa shape index (κ1) is 18.7. The zero-order valence-electron chi connectivity index (χ0n) is 16.0. The molecule has 140 valence electrons. The molecule has 0 aliphatic carbocycles. The fourth-order valence-electron chi connectivity index (χ4n) is 3.19. The number of hydrogen-bond donors (Lipinski definition) is 1. The topological polar surface area (TPSA) is 54.3 Å². The molecule has 0 aliphatic heterocycles. The van der Waals surface area contributed by atoms with Crippen molar-refractivity contribution in [3.05, 3.63) is 71.9 Å². The van der Waals surface area contributed by atoms with E-state index in [0.717, 1.165) is 10.9 Å². The molecule has 1 aromatic heterocycles. The van der Waals surface area contributed by atoms with Gasteiger partial charge in [-0.05, 0) is 25.5 Å². The molecule has 0 radical (unpaired) electrons. The van der Waals surface area contributed by atoms with E-state index in [0.29, 0.717) is 12.1 Å². The number of hydrogen-bond acceptors (Lipinski definition) is 2. The number of aromatic nitrogens is 1. The van der Waals surface area contributed by atoms with Crippen LogP contribution in [0.25, 0.3) is 10.9 Å². The van der Waals surface area contributed by atoms with Crippen LogP contribution in [0.2, 0.25) is 0 Å². The Hall–Kier alpha value is -3.08. The van der Waals surface area contributed by atoms with Crippen molar-refractivity contribution in [1.29, 1.82) is 0 Å². The first-order chi connectivity index (χ1) is 13.0. The molecule has 0 saturated carbocycles. The maximum absolute atomic E-state index is 13.0. The first-order valence-electron chi connectivity index (χ1n) is 9.12. The van der Waals surface area contributed by atoms with Crippen LogP contribution in [-0.2, 0) is 11.3 Å². The average molecular weight is 363 g/mol. The van der Waals surface area contributed by atoms with Crippen LogP contribution in [0.4, 0.5) is 0 Å². The molecule has 5 nitrogen and oxygen atoms in total. The van der Waals surface area contributed by atoms with Crippen molar-refractivity contribution >= 4 is 22.7 Å². The lowest BCUT2D eigenvalue weighted by atomic mass is 10.1. The molecule has 3 rings (SSSR count). The van der Waals surface area contributed by atoms with Gasteiger partial charge in [0.15, 0.2) is 0 Å². The molecule has 0 spiro atoms. The number of carbonyl (C=O) groups excluding carboxylic acids is 2. The number of nitrogens with zero attached hydrogens (tertiary/aromatic N) is 2. The Balaban J connectivity index is 1.88. The van der Waals surface area contributed by atoms with Crippen LogP contribution < -0.4 is 5.32 Å². The number of para-hydroxylation sites is 1. The van der Waals surface area contributed by atoms with Gasteiger partial charge in [-0.1, -0.05) is 48.5 Å². The summed E-state index contributed by atoms with van der Waals surface area (Å²) < 4.78 is 2.08. The van der Waals surface area contributed by atoms with Crippen LogP contribution in [0, 0.1) is 0 Å². The number of nitrogens with one attached hydrogen (secondary N) is 1. The number of benzene rings is 2. The third-order valence-corrected chi connectivity index (χ3v) is 4.39. The fourth-order valence-corrected chi connectivity index (χ4v) is 3.19. The summed E-state index contributed by atoms with van der Waals surface area (Å²) in [5, 5.41) is 3.71. The highest BCUT2D eigenvalue weighted by molar-refractivity contribution is 6.07. The van der Waals surface area contributed by atoms with Crippen molar-refractivity contribution in [2.45, 2.75) is 26.4 Å². The van der Waals surface area contributed by atoms with E-state index in [9.17, 15) is 9.59 Å². The van der Waals surface area contributed by atoms with Gasteiger partial charge >= 0.3 is 0 Å². The Morgan fingerprint density at radius 1 is 1.04 bits per heavy atom. The molecular formula is C22H25N3O2. The minimum absolute atomic E-state index is 0.0369. The van der Waals surface area contributed by atoms with Gasteiger partial charge in [0.05, 0.1) is 12.1 Å². The quantitative estimate of drug-likeness (QED) is 0.731. The summed E-state index contributed by atoms with van der Waals surface area (Å²) in [5.41, 5.74) is 2.79. The van der Waals surface area contributed by atoms with Crippen molar-refractivity contribution in [1.82, 2.24) is 14.8 Å².